The molecule has 14 heavy (non-hydrogen) atoms. The van der Waals surface area contributed by atoms with E-state index in [9.17, 15) is 8.42 Å². The summed E-state index contributed by atoms with van der Waals surface area (Å²) < 4.78 is 30.0. The summed E-state index contributed by atoms with van der Waals surface area (Å²) in [5, 5.41) is 0. The number of hydrogen-bond acceptors (Lipinski definition) is 4. The topological polar surface area (TPSA) is 72.6 Å². The second-order valence-corrected chi connectivity index (χ2v) is 5.70. The molecule has 0 amide bonds. The van der Waals surface area contributed by atoms with Crippen LogP contribution >= 0.6 is 0 Å². The highest BCUT2D eigenvalue weighted by Crippen LogP contribution is 2.20. The average Bonchev–Trinajstić information content (AvgIpc) is 2.50. The van der Waals surface area contributed by atoms with Gasteiger partial charge in [-0.3, -0.25) is 0 Å². The van der Waals surface area contributed by atoms with Gasteiger partial charge in [-0.15, -0.1) is 0 Å². The number of nitrogens with two attached hydrogens (primary N) is 1. The maximum atomic E-state index is 11.7. The van der Waals surface area contributed by atoms with Crippen molar-refractivity contribution in [2.75, 3.05) is 26.0 Å². The smallest absolute Gasteiger partial charge is 0.215 e. The van der Waals surface area contributed by atoms with Crippen molar-refractivity contribution in [3.8, 4) is 0 Å². The monoisotopic (exact) mass is 222 g/mol. The van der Waals surface area contributed by atoms with Crippen molar-refractivity contribution in [2.45, 2.75) is 25.5 Å². The van der Waals surface area contributed by atoms with E-state index in [-0.39, 0.29) is 24.4 Å². The fourth-order valence-electron chi connectivity index (χ4n) is 1.70. The molecule has 0 radical (unpaired) electrons. The Morgan fingerprint density at radius 2 is 2.21 bits per heavy atom. The molecule has 0 aliphatic carbocycles. The Balaban J connectivity index is 2.68. The third-order valence-electron chi connectivity index (χ3n) is 2.62. The van der Waals surface area contributed by atoms with Gasteiger partial charge in [-0.1, -0.05) is 0 Å². The summed E-state index contributed by atoms with van der Waals surface area (Å²) in [7, 11) is -1.60. The largest absolute Gasteiger partial charge is 0.377 e. The molecule has 2 N–H and O–H groups in total. The third-order valence-corrected chi connectivity index (χ3v) is 4.52. The molecule has 6 heteroatoms. The summed E-state index contributed by atoms with van der Waals surface area (Å²) in [6, 6.07) is -0.0356. The molecule has 0 aromatic heterocycles. The molecule has 0 spiro atoms. The van der Waals surface area contributed by atoms with E-state index in [1.807, 2.05) is 6.92 Å². The van der Waals surface area contributed by atoms with Gasteiger partial charge in [0, 0.05) is 20.2 Å². The lowest BCUT2D eigenvalue weighted by Crippen LogP contribution is -2.43. The number of hydrogen-bond donors (Lipinski definition) is 1. The molecule has 1 fully saturated rings. The minimum atomic E-state index is -3.20. The van der Waals surface area contributed by atoms with Crippen LogP contribution in [-0.4, -0.2) is 50.8 Å². The Bertz CT molecular complexity index is 278. The van der Waals surface area contributed by atoms with Crippen LogP contribution in [0.3, 0.4) is 0 Å². The molecule has 1 heterocycles. The van der Waals surface area contributed by atoms with Gasteiger partial charge in [0.2, 0.25) is 10.0 Å². The summed E-state index contributed by atoms with van der Waals surface area (Å²) in [5.74, 6) is 0.00667. The Labute approximate surface area is 85.3 Å². The van der Waals surface area contributed by atoms with Crippen molar-refractivity contribution in [1.82, 2.24) is 4.31 Å². The van der Waals surface area contributed by atoms with Crippen molar-refractivity contribution in [1.29, 1.82) is 0 Å². The first-order valence-corrected chi connectivity index (χ1v) is 6.37. The van der Waals surface area contributed by atoms with Crippen LogP contribution in [0.15, 0.2) is 0 Å². The second kappa shape index (κ2) is 4.57. The van der Waals surface area contributed by atoms with Crippen molar-refractivity contribution in [2.24, 2.45) is 5.73 Å². The maximum absolute atomic E-state index is 11.7. The van der Waals surface area contributed by atoms with E-state index in [2.05, 4.69) is 0 Å². The Morgan fingerprint density at radius 1 is 1.57 bits per heavy atom. The highest BCUT2D eigenvalue weighted by atomic mass is 32.2. The zero-order valence-corrected chi connectivity index (χ0v) is 9.46. The molecule has 0 aromatic rings. The van der Waals surface area contributed by atoms with E-state index >= 15 is 0 Å². The molecule has 1 saturated heterocycles. The molecule has 0 saturated carbocycles. The van der Waals surface area contributed by atoms with Gasteiger partial charge in [0.25, 0.3) is 0 Å². The lowest BCUT2D eigenvalue weighted by molar-refractivity contribution is 0.102. The van der Waals surface area contributed by atoms with Gasteiger partial charge in [-0.25, -0.2) is 8.42 Å². The SMILES string of the molecule is CC1OCCC1N(C)S(=O)(=O)CCN. The molecule has 1 aliphatic rings. The number of rotatable bonds is 4. The summed E-state index contributed by atoms with van der Waals surface area (Å²) in [5.41, 5.74) is 5.25. The number of nitrogens with zero attached hydrogens (tertiary/aromatic N) is 1. The predicted molar refractivity (Wildman–Crippen MR) is 54.4 cm³/mol. The van der Waals surface area contributed by atoms with E-state index in [0.717, 1.165) is 6.42 Å². The van der Waals surface area contributed by atoms with Gasteiger partial charge in [0.05, 0.1) is 17.9 Å². The van der Waals surface area contributed by atoms with Crippen LogP contribution in [0.4, 0.5) is 0 Å². The number of likely N-dealkylation sites (N-methyl/N-ethyl adjacent to an activating group) is 1. The first-order valence-electron chi connectivity index (χ1n) is 4.76. The van der Waals surface area contributed by atoms with E-state index in [4.69, 9.17) is 10.5 Å². The van der Waals surface area contributed by atoms with Crippen LogP contribution in [0.1, 0.15) is 13.3 Å². The van der Waals surface area contributed by atoms with Gasteiger partial charge in [0.1, 0.15) is 0 Å². The van der Waals surface area contributed by atoms with Crippen molar-refractivity contribution in [3.63, 3.8) is 0 Å². The van der Waals surface area contributed by atoms with Crippen molar-refractivity contribution < 1.29 is 13.2 Å². The van der Waals surface area contributed by atoms with Gasteiger partial charge >= 0.3 is 0 Å². The van der Waals surface area contributed by atoms with Crippen LogP contribution in [0.25, 0.3) is 0 Å². The first kappa shape index (κ1) is 11.9. The van der Waals surface area contributed by atoms with Crippen LogP contribution < -0.4 is 5.73 Å². The van der Waals surface area contributed by atoms with Gasteiger partial charge in [-0.2, -0.15) is 4.31 Å². The molecular weight excluding hydrogens is 204 g/mol. The molecular formula is C8H18N2O3S. The van der Waals surface area contributed by atoms with Crippen molar-refractivity contribution >= 4 is 10.0 Å². The summed E-state index contributed by atoms with van der Waals surface area (Å²) in [6.45, 7) is 2.69. The van der Waals surface area contributed by atoms with E-state index in [0.29, 0.717) is 6.61 Å². The highest BCUT2D eigenvalue weighted by molar-refractivity contribution is 7.89. The molecule has 84 valence electrons. The predicted octanol–water partition coefficient (Wildman–Crippen LogP) is -0.616. The zero-order chi connectivity index (χ0) is 10.8. The molecule has 2 unspecified atom stereocenters. The van der Waals surface area contributed by atoms with Crippen molar-refractivity contribution in [3.05, 3.63) is 0 Å². The van der Waals surface area contributed by atoms with E-state index in [1.54, 1.807) is 7.05 Å². The number of ether oxygens (including phenoxy) is 1. The summed E-state index contributed by atoms with van der Waals surface area (Å²) in [6.07, 6.45) is 0.745. The van der Waals surface area contributed by atoms with E-state index < -0.39 is 10.0 Å². The second-order valence-electron chi connectivity index (χ2n) is 3.55. The lowest BCUT2D eigenvalue weighted by Gasteiger charge is -2.25. The minimum absolute atomic E-state index is 0.00667. The zero-order valence-electron chi connectivity index (χ0n) is 8.64. The molecule has 5 nitrogen and oxygen atoms in total. The van der Waals surface area contributed by atoms with Crippen LogP contribution in [0.5, 0.6) is 0 Å². The van der Waals surface area contributed by atoms with Crippen LogP contribution in [0.2, 0.25) is 0 Å². The molecule has 0 aromatic carbocycles. The Morgan fingerprint density at radius 3 is 2.64 bits per heavy atom. The van der Waals surface area contributed by atoms with Gasteiger partial charge in [-0.05, 0) is 13.3 Å². The first-order chi connectivity index (χ1) is 6.49. The standard InChI is InChI=1S/C8H18N2O3S/c1-7-8(3-5-13-7)10(2)14(11,12)6-4-9/h7-8H,3-6,9H2,1-2H3. The fourth-order valence-corrected chi connectivity index (χ4v) is 2.97. The van der Waals surface area contributed by atoms with Crippen LogP contribution in [-0.2, 0) is 14.8 Å². The molecule has 2 atom stereocenters. The Hall–Kier alpha value is -0.170. The quantitative estimate of drug-likeness (QED) is 0.688. The molecule has 0 bridgehead atoms. The highest BCUT2D eigenvalue weighted by Gasteiger charge is 2.33. The summed E-state index contributed by atoms with van der Waals surface area (Å²) >= 11 is 0. The third kappa shape index (κ3) is 2.44. The fraction of sp³-hybridized carbons (Fsp3) is 1.00. The van der Waals surface area contributed by atoms with Gasteiger partial charge in [0.15, 0.2) is 0 Å². The van der Waals surface area contributed by atoms with Gasteiger partial charge < -0.3 is 10.5 Å². The Kier molecular flexibility index (Phi) is 3.88. The molecule has 1 aliphatic heterocycles. The lowest BCUT2D eigenvalue weighted by atomic mass is 10.2. The minimum Gasteiger partial charge on any atom is -0.377 e. The average molecular weight is 222 g/mol. The maximum Gasteiger partial charge on any atom is 0.215 e. The van der Waals surface area contributed by atoms with Crippen LogP contribution in [0, 0.1) is 0 Å². The van der Waals surface area contributed by atoms with E-state index in [1.165, 1.54) is 4.31 Å². The molecule has 1 rings (SSSR count). The number of sulfonamides is 1. The normalized spacial score (nSPS) is 28.6. The summed E-state index contributed by atoms with van der Waals surface area (Å²) in [4.78, 5) is 0.